The second-order valence-corrected chi connectivity index (χ2v) is 6.07. The molecule has 2 heterocycles. The number of nitrogens with one attached hydrogen (secondary N) is 2. The predicted molar refractivity (Wildman–Crippen MR) is 101 cm³/mol. The Hall–Kier alpha value is -3.41. The van der Waals surface area contributed by atoms with Gasteiger partial charge >= 0.3 is 0 Å². The van der Waals surface area contributed by atoms with Crippen molar-refractivity contribution in [1.82, 2.24) is 9.55 Å². The summed E-state index contributed by atoms with van der Waals surface area (Å²) in [4.78, 5) is 39.7. The van der Waals surface area contributed by atoms with Crippen LogP contribution >= 0.6 is 0 Å². The highest BCUT2D eigenvalue weighted by molar-refractivity contribution is 6.04. The minimum absolute atomic E-state index is 0.0555. The zero-order chi connectivity index (χ0) is 18.7. The van der Waals surface area contributed by atoms with Crippen molar-refractivity contribution in [1.29, 1.82) is 0 Å². The van der Waals surface area contributed by atoms with Crippen LogP contribution in [0.4, 0.5) is 5.82 Å². The lowest BCUT2D eigenvalue weighted by molar-refractivity contribution is 0.102. The normalized spacial score (nSPS) is 11.8. The van der Waals surface area contributed by atoms with Crippen LogP contribution < -0.4 is 16.3 Å². The number of carbonyl (C=O) groups is 1. The molecule has 132 valence electrons. The molecular weight excluding hydrogens is 330 g/mol. The largest absolute Gasteiger partial charge is 0.348 e. The smallest absolute Gasteiger partial charge is 0.264 e. The Morgan fingerprint density at radius 2 is 1.85 bits per heavy atom. The Balaban J connectivity index is 1.99. The van der Waals surface area contributed by atoms with Gasteiger partial charge in [0.2, 0.25) is 0 Å². The number of H-pyrrole nitrogens is 1. The molecule has 1 aromatic carbocycles. The SMILES string of the molecule is Cc1ccn(C(C)c2ccccc2)c(=O)c1C(=O)Nc1cc(=O)cc[nH]1. The number of aromatic nitrogens is 2. The Bertz CT molecular complexity index is 1050. The highest BCUT2D eigenvalue weighted by atomic mass is 16.2. The lowest BCUT2D eigenvalue weighted by Crippen LogP contribution is -2.32. The number of aromatic amines is 1. The van der Waals surface area contributed by atoms with E-state index in [1.54, 1.807) is 19.2 Å². The van der Waals surface area contributed by atoms with Crippen molar-refractivity contribution in [2.45, 2.75) is 19.9 Å². The van der Waals surface area contributed by atoms with Crippen molar-refractivity contribution in [2.24, 2.45) is 0 Å². The van der Waals surface area contributed by atoms with E-state index in [-0.39, 0.29) is 28.4 Å². The second-order valence-electron chi connectivity index (χ2n) is 6.07. The summed E-state index contributed by atoms with van der Waals surface area (Å²) in [6.45, 7) is 3.62. The van der Waals surface area contributed by atoms with Gasteiger partial charge in [-0.15, -0.1) is 0 Å². The molecule has 2 aromatic heterocycles. The summed E-state index contributed by atoms with van der Waals surface area (Å²) >= 11 is 0. The summed E-state index contributed by atoms with van der Waals surface area (Å²) in [7, 11) is 0. The molecule has 0 saturated heterocycles. The molecule has 1 unspecified atom stereocenters. The third-order valence-corrected chi connectivity index (χ3v) is 4.28. The maximum absolute atomic E-state index is 12.9. The van der Waals surface area contributed by atoms with Gasteiger partial charge in [-0.1, -0.05) is 30.3 Å². The molecule has 26 heavy (non-hydrogen) atoms. The first-order chi connectivity index (χ1) is 12.5. The molecule has 0 aliphatic rings. The molecule has 0 radical (unpaired) electrons. The third-order valence-electron chi connectivity index (χ3n) is 4.28. The molecule has 0 aliphatic carbocycles. The summed E-state index contributed by atoms with van der Waals surface area (Å²) in [5.41, 5.74) is 0.982. The van der Waals surface area contributed by atoms with Gasteiger partial charge in [0.15, 0.2) is 5.43 Å². The number of hydrogen-bond donors (Lipinski definition) is 2. The summed E-state index contributed by atoms with van der Waals surface area (Å²) in [6, 6.07) is 13.7. The first-order valence-electron chi connectivity index (χ1n) is 8.24. The third kappa shape index (κ3) is 3.49. The molecule has 6 heteroatoms. The van der Waals surface area contributed by atoms with Gasteiger partial charge in [-0.05, 0) is 31.0 Å². The Morgan fingerprint density at radius 3 is 2.54 bits per heavy atom. The van der Waals surface area contributed by atoms with Gasteiger partial charge in [-0.2, -0.15) is 0 Å². The Morgan fingerprint density at radius 1 is 1.12 bits per heavy atom. The monoisotopic (exact) mass is 349 g/mol. The molecule has 1 atom stereocenters. The second kappa shape index (κ2) is 7.23. The number of carbonyl (C=O) groups excluding carboxylic acids is 1. The van der Waals surface area contributed by atoms with Gasteiger partial charge < -0.3 is 14.9 Å². The van der Waals surface area contributed by atoms with Crippen molar-refractivity contribution >= 4 is 11.7 Å². The van der Waals surface area contributed by atoms with Crippen molar-refractivity contribution < 1.29 is 4.79 Å². The maximum Gasteiger partial charge on any atom is 0.264 e. The summed E-state index contributed by atoms with van der Waals surface area (Å²) in [5, 5.41) is 2.58. The van der Waals surface area contributed by atoms with Gasteiger partial charge in [0.25, 0.3) is 11.5 Å². The van der Waals surface area contributed by atoms with Crippen LogP contribution in [-0.2, 0) is 0 Å². The fourth-order valence-electron chi connectivity index (χ4n) is 2.82. The Kier molecular flexibility index (Phi) is 4.84. The maximum atomic E-state index is 12.9. The van der Waals surface area contributed by atoms with Crippen molar-refractivity contribution in [3.8, 4) is 0 Å². The van der Waals surface area contributed by atoms with E-state index >= 15 is 0 Å². The average Bonchev–Trinajstić information content (AvgIpc) is 2.62. The average molecular weight is 349 g/mol. The predicted octanol–water partition coefficient (Wildman–Crippen LogP) is 2.71. The summed E-state index contributed by atoms with van der Waals surface area (Å²) < 4.78 is 1.53. The van der Waals surface area contributed by atoms with E-state index in [1.807, 2.05) is 37.3 Å². The van der Waals surface area contributed by atoms with E-state index in [4.69, 9.17) is 0 Å². The summed E-state index contributed by atoms with van der Waals surface area (Å²) in [6.07, 6.45) is 3.13. The molecule has 0 aliphatic heterocycles. The fraction of sp³-hybridized carbons (Fsp3) is 0.150. The zero-order valence-corrected chi connectivity index (χ0v) is 14.5. The van der Waals surface area contributed by atoms with E-state index < -0.39 is 5.91 Å². The lowest BCUT2D eigenvalue weighted by atomic mass is 10.1. The first-order valence-corrected chi connectivity index (χ1v) is 8.24. The minimum Gasteiger partial charge on any atom is -0.348 e. The van der Waals surface area contributed by atoms with Crippen LogP contribution in [0.1, 0.15) is 34.5 Å². The van der Waals surface area contributed by atoms with Gasteiger partial charge in [0.05, 0.1) is 6.04 Å². The molecule has 0 saturated carbocycles. The molecular formula is C20H19N3O3. The molecule has 2 N–H and O–H groups in total. The van der Waals surface area contributed by atoms with Crippen LogP contribution in [0.15, 0.2) is 70.5 Å². The van der Waals surface area contributed by atoms with Gasteiger partial charge in [-0.3, -0.25) is 14.4 Å². The number of anilines is 1. The highest BCUT2D eigenvalue weighted by Crippen LogP contribution is 2.16. The highest BCUT2D eigenvalue weighted by Gasteiger charge is 2.19. The van der Waals surface area contributed by atoms with Crippen LogP contribution in [0.3, 0.4) is 0 Å². The standard InChI is InChI=1S/C20H19N3O3/c1-13-9-11-23(14(2)15-6-4-3-5-7-15)20(26)18(13)19(25)22-17-12-16(24)8-10-21-17/h3-12,14H,1-2H3,(H2,21,22,24,25). The van der Waals surface area contributed by atoms with Crippen LogP contribution in [0.25, 0.3) is 0 Å². The molecule has 6 nitrogen and oxygen atoms in total. The molecule has 3 rings (SSSR count). The van der Waals surface area contributed by atoms with Gasteiger partial charge in [0, 0.05) is 24.5 Å². The van der Waals surface area contributed by atoms with Crippen molar-refractivity contribution in [3.05, 3.63) is 98.2 Å². The first kappa shape index (κ1) is 17.4. The van der Waals surface area contributed by atoms with Gasteiger partial charge in [0.1, 0.15) is 11.4 Å². The van der Waals surface area contributed by atoms with E-state index in [1.165, 1.54) is 22.9 Å². The number of nitrogens with zero attached hydrogens (tertiary/aromatic N) is 1. The van der Waals surface area contributed by atoms with Crippen LogP contribution in [-0.4, -0.2) is 15.5 Å². The van der Waals surface area contributed by atoms with Crippen LogP contribution in [0.2, 0.25) is 0 Å². The fourth-order valence-corrected chi connectivity index (χ4v) is 2.82. The number of hydrogen-bond acceptors (Lipinski definition) is 3. The Labute approximate surface area is 150 Å². The molecule has 0 bridgehead atoms. The molecule has 1 amide bonds. The minimum atomic E-state index is -0.552. The summed E-state index contributed by atoms with van der Waals surface area (Å²) in [5.74, 6) is -0.309. The van der Waals surface area contributed by atoms with E-state index in [9.17, 15) is 14.4 Å². The molecule has 0 fully saturated rings. The van der Waals surface area contributed by atoms with E-state index in [2.05, 4.69) is 10.3 Å². The topological polar surface area (TPSA) is 84.0 Å². The number of pyridine rings is 2. The van der Waals surface area contributed by atoms with Gasteiger partial charge in [-0.25, -0.2) is 0 Å². The van der Waals surface area contributed by atoms with Crippen molar-refractivity contribution in [3.63, 3.8) is 0 Å². The molecule has 3 aromatic rings. The molecule has 0 spiro atoms. The number of benzene rings is 1. The van der Waals surface area contributed by atoms with Crippen LogP contribution in [0, 0.1) is 6.92 Å². The van der Waals surface area contributed by atoms with Crippen LogP contribution in [0.5, 0.6) is 0 Å². The number of rotatable bonds is 4. The quantitative estimate of drug-likeness (QED) is 0.759. The lowest BCUT2D eigenvalue weighted by Gasteiger charge is -2.17. The zero-order valence-electron chi connectivity index (χ0n) is 14.5. The number of aryl methyl sites for hydroxylation is 1. The number of amides is 1. The van der Waals surface area contributed by atoms with E-state index in [0.717, 1.165) is 5.56 Å². The van der Waals surface area contributed by atoms with Crippen molar-refractivity contribution in [2.75, 3.05) is 5.32 Å². The van der Waals surface area contributed by atoms with E-state index in [0.29, 0.717) is 5.56 Å².